The Bertz CT molecular complexity index is 2450. The highest BCUT2D eigenvalue weighted by atomic mass is 16.5. The van der Waals surface area contributed by atoms with Crippen molar-refractivity contribution in [2.75, 3.05) is 42.2 Å². The summed E-state index contributed by atoms with van der Waals surface area (Å²) >= 11 is 0. The number of fused-ring (bicyclic) bond motifs is 9. The van der Waals surface area contributed by atoms with Crippen LogP contribution in [0.5, 0.6) is 11.5 Å². The number of rotatable bonds is 3. The molecule has 1 spiro atoms. The Kier molecular flexibility index (Phi) is 8.18. The van der Waals surface area contributed by atoms with Gasteiger partial charge in [-0.2, -0.15) is 5.10 Å². The molecular formula is C52H61N5O. The van der Waals surface area contributed by atoms with Crippen LogP contribution < -0.4 is 19.5 Å². The molecule has 3 heterocycles. The van der Waals surface area contributed by atoms with Crippen molar-refractivity contribution >= 4 is 29.1 Å². The highest BCUT2D eigenvalue weighted by Gasteiger charge is 2.57. The average molecular weight is 772 g/mol. The summed E-state index contributed by atoms with van der Waals surface area (Å²) in [5, 5.41) is 6.57. The molecule has 9 rings (SSSR count). The third kappa shape index (κ3) is 5.68. The van der Waals surface area contributed by atoms with Crippen molar-refractivity contribution in [1.29, 1.82) is 0 Å². The lowest BCUT2D eigenvalue weighted by atomic mass is 9.59. The van der Waals surface area contributed by atoms with Gasteiger partial charge in [-0.3, -0.25) is 0 Å². The number of ether oxygens (including phenoxy) is 1. The van der Waals surface area contributed by atoms with Crippen LogP contribution >= 0.6 is 0 Å². The maximum absolute atomic E-state index is 6.82. The highest BCUT2D eigenvalue weighted by Crippen LogP contribution is 2.68. The molecule has 3 aliphatic heterocycles. The molecule has 6 heteroatoms. The molecule has 1 aliphatic carbocycles. The molecular weight excluding hydrogens is 711 g/mol. The summed E-state index contributed by atoms with van der Waals surface area (Å²) in [5.74, 6) is 1.61. The molecule has 0 N–H and O–H groups in total. The SMILES string of the molecule is CN1C=NN(c2cccc(Oc3ccc4c(c3)N3CN(C)c5cccc(c53)C43c4c(cc(C(C)(C)C)cc4C(C)(C)C)-c4cc(C(C)(C)C)cc(C(C)(C)C)c43)c2)C1. The number of benzene rings is 5. The number of hydrazone groups is 1. The predicted molar refractivity (Wildman–Crippen MR) is 244 cm³/mol. The third-order valence-electron chi connectivity index (χ3n) is 12.9. The Balaban J connectivity index is 1.39. The number of hydrogen-bond acceptors (Lipinski definition) is 6. The minimum absolute atomic E-state index is 0.0298. The molecule has 4 aliphatic rings. The number of anilines is 4. The zero-order chi connectivity index (χ0) is 41.5. The van der Waals surface area contributed by atoms with Crippen LogP contribution in [0.2, 0.25) is 0 Å². The Morgan fingerprint density at radius 1 is 0.569 bits per heavy atom. The van der Waals surface area contributed by atoms with Crippen molar-refractivity contribution in [2.24, 2.45) is 5.10 Å². The summed E-state index contributed by atoms with van der Waals surface area (Å²) in [7, 11) is 4.26. The Morgan fingerprint density at radius 3 is 1.71 bits per heavy atom. The van der Waals surface area contributed by atoms with Crippen LogP contribution in [-0.2, 0) is 27.1 Å². The zero-order valence-electron chi connectivity index (χ0n) is 37.2. The first-order chi connectivity index (χ1) is 27.1. The standard InChI is InChI=1S/C52H61N5O/c1-48(2,3)32-23-37-38-24-33(49(4,5)6)26-42(51(10,11)12)46(38)52(45(37)41(25-32)50(7,8)9)39-22-21-36(58-35-18-15-17-34(27-35)57-30-54(13)29-53-57)28-44(39)56-31-55(14)43-20-16-19-40(52)47(43)56/h15-29H,30-31H2,1-14H3. The van der Waals surface area contributed by atoms with E-state index in [1.165, 1.54) is 72.7 Å². The van der Waals surface area contributed by atoms with Gasteiger partial charge in [-0.15, -0.1) is 0 Å². The Hall–Kier alpha value is -5.23. The van der Waals surface area contributed by atoms with Gasteiger partial charge < -0.3 is 19.4 Å². The quantitative estimate of drug-likeness (QED) is 0.179. The molecule has 5 aromatic rings. The van der Waals surface area contributed by atoms with Crippen molar-refractivity contribution in [3.63, 3.8) is 0 Å². The van der Waals surface area contributed by atoms with E-state index < -0.39 is 5.41 Å². The number of hydrogen-bond donors (Lipinski definition) is 0. The molecule has 0 atom stereocenters. The first-order valence-electron chi connectivity index (χ1n) is 21.0. The van der Waals surface area contributed by atoms with E-state index in [0.717, 1.165) is 23.9 Å². The number of nitrogens with zero attached hydrogens (tertiary/aromatic N) is 5. The van der Waals surface area contributed by atoms with Crippen LogP contribution in [0, 0.1) is 0 Å². The van der Waals surface area contributed by atoms with E-state index in [4.69, 9.17) is 4.74 Å². The summed E-state index contributed by atoms with van der Waals surface area (Å²) in [4.78, 5) is 7.01. The van der Waals surface area contributed by atoms with E-state index in [9.17, 15) is 0 Å². The lowest BCUT2D eigenvalue weighted by molar-refractivity contribution is 0.481. The lowest BCUT2D eigenvalue weighted by Crippen LogP contribution is -2.40. The van der Waals surface area contributed by atoms with Gasteiger partial charge >= 0.3 is 0 Å². The maximum atomic E-state index is 6.82. The zero-order valence-corrected chi connectivity index (χ0v) is 37.2. The molecule has 0 unspecified atom stereocenters. The van der Waals surface area contributed by atoms with E-state index in [-0.39, 0.29) is 21.7 Å². The lowest BCUT2D eigenvalue weighted by Gasteiger charge is -2.46. The average Bonchev–Trinajstić information content (AvgIpc) is 3.81. The predicted octanol–water partition coefficient (Wildman–Crippen LogP) is 12.5. The van der Waals surface area contributed by atoms with Crippen LogP contribution in [0.3, 0.4) is 0 Å². The fourth-order valence-corrected chi connectivity index (χ4v) is 9.90. The van der Waals surface area contributed by atoms with E-state index in [0.29, 0.717) is 6.67 Å². The van der Waals surface area contributed by atoms with Crippen molar-refractivity contribution in [2.45, 2.75) is 110 Å². The molecule has 0 saturated carbocycles. The molecule has 0 aromatic heterocycles. The van der Waals surface area contributed by atoms with Gasteiger partial charge in [-0.05, 0) is 102 Å². The molecule has 6 nitrogen and oxygen atoms in total. The second-order valence-electron chi connectivity index (χ2n) is 21.4. The van der Waals surface area contributed by atoms with Gasteiger partial charge in [0.15, 0.2) is 0 Å². The molecule has 0 bridgehead atoms. The van der Waals surface area contributed by atoms with Gasteiger partial charge in [0.25, 0.3) is 0 Å². The molecule has 58 heavy (non-hydrogen) atoms. The van der Waals surface area contributed by atoms with E-state index in [1.807, 2.05) is 24.5 Å². The Labute approximate surface area is 347 Å². The minimum Gasteiger partial charge on any atom is -0.457 e. The van der Waals surface area contributed by atoms with E-state index >= 15 is 0 Å². The van der Waals surface area contributed by atoms with Gasteiger partial charge in [0.1, 0.15) is 24.5 Å². The first kappa shape index (κ1) is 38.3. The summed E-state index contributed by atoms with van der Waals surface area (Å²) < 4.78 is 6.82. The van der Waals surface area contributed by atoms with Crippen LogP contribution in [0.4, 0.5) is 22.7 Å². The molecule has 0 saturated heterocycles. The van der Waals surface area contributed by atoms with E-state index in [1.54, 1.807) is 0 Å². The Morgan fingerprint density at radius 2 is 1.16 bits per heavy atom. The summed E-state index contributed by atoms with van der Waals surface area (Å²) in [6.07, 6.45) is 1.86. The topological polar surface area (TPSA) is 34.6 Å². The summed E-state index contributed by atoms with van der Waals surface area (Å²) in [6, 6.07) is 32.5. The largest absolute Gasteiger partial charge is 0.457 e. The summed E-state index contributed by atoms with van der Waals surface area (Å²) in [6.45, 7) is 30.1. The van der Waals surface area contributed by atoms with E-state index in [2.05, 4.69) is 189 Å². The van der Waals surface area contributed by atoms with Crippen molar-refractivity contribution in [3.8, 4) is 22.6 Å². The molecule has 5 aromatic carbocycles. The molecule has 0 radical (unpaired) electrons. The van der Waals surface area contributed by atoms with Crippen molar-refractivity contribution in [1.82, 2.24) is 4.90 Å². The van der Waals surface area contributed by atoms with Crippen LogP contribution in [-0.4, -0.2) is 38.7 Å². The van der Waals surface area contributed by atoms with Gasteiger partial charge in [-0.25, -0.2) is 5.01 Å². The normalized spacial score (nSPS) is 16.6. The van der Waals surface area contributed by atoms with Crippen LogP contribution in [0.25, 0.3) is 11.1 Å². The second kappa shape index (κ2) is 12.4. The first-order valence-corrected chi connectivity index (χ1v) is 21.0. The van der Waals surface area contributed by atoms with Gasteiger partial charge in [0, 0.05) is 26.2 Å². The monoisotopic (exact) mass is 771 g/mol. The molecule has 300 valence electrons. The van der Waals surface area contributed by atoms with Crippen molar-refractivity contribution < 1.29 is 4.74 Å². The highest BCUT2D eigenvalue weighted by molar-refractivity contribution is 6.00. The molecule has 0 amide bonds. The summed E-state index contributed by atoms with van der Waals surface area (Å²) in [5.41, 5.74) is 17.7. The number of para-hydroxylation sites is 1. The van der Waals surface area contributed by atoms with Gasteiger partial charge in [0.05, 0.1) is 34.8 Å². The van der Waals surface area contributed by atoms with Crippen LogP contribution in [0.1, 0.15) is 128 Å². The van der Waals surface area contributed by atoms with Crippen LogP contribution in [0.15, 0.2) is 90.0 Å². The maximum Gasteiger partial charge on any atom is 0.129 e. The second-order valence-corrected chi connectivity index (χ2v) is 21.4. The fourth-order valence-electron chi connectivity index (χ4n) is 9.90. The smallest absolute Gasteiger partial charge is 0.129 e. The van der Waals surface area contributed by atoms with Gasteiger partial charge in [-0.1, -0.05) is 132 Å². The minimum atomic E-state index is -0.580. The van der Waals surface area contributed by atoms with Gasteiger partial charge in [0.2, 0.25) is 0 Å². The molecule has 0 fully saturated rings. The van der Waals surface area contributed by atoms with Crippen molar-refractivity contribution in [3.05, 3.63) is 129 Å². The third-order valence-corrected chi connectivity index (χ3v) is 12.9. The fraction of sp³-hybridized carbons (Fsp3) is 0.404.